The first-order valence-corrected chi connectivity index (χ1v) is 3.06. The lowest BCUT2D eigenvalue weighted by Crippen LogP contribution is -2.09. The Morgan fingerprint density at radius 3 is 2.56 bits per heavy atom. The van der Waals surface area contributed by atoms with Gasteiger partial charge in [0.25, 0.3) is 0 Å². The summed E-state index contributed by atoms with van der Waals surface area (Å²) in [5, 5.41) is 9.07. The molecule has 0 spiro atoms. The molecule has 1 saturated carbocycles. The summed E-state index contributed by atoms with van der Waals surface area (Å²) < 4.78 is 0. The minimum atomic E-state index is -0.463. The first kappa shape index (κ1) is 6.49. The predicted molar refractivity (Wildman–Crippen MR) is 33.9 cm³/mol. The maximum Gasteiger partial charge on any atom is 0.136 e. The second-order valence-electron chi connectivity index (χ2n) is 2.41. The van der Waals surface area contributed by atoms with Gasteiger partial charge in [0.2, 0.25) is 0 Å². The number of carbonyl (C=O) groups is 1. The Labute approximate surface area is 54.2 Å². The molecule has 0 bridgehead atoms. The molecule has 1 aliphatic rings. The van der Waals surface area contributed by atoms with Crippen molar-refractivity contribution in [2.24, 2.45) is 5.92 Å². The largest absolute Gasteiger partial charge is 0.392 e. The van der Waals surface area contributed by atoms with Crippen LogP contribution in [0.5, 0.6) is 0 Å². The number of hydrogen-bond acceptors (Lipinski definition) is 2. The molecular weight excluding hydrogens is 116 g/mol. The van der Waals surface area contributed by atoms with E-state index in [0.717, 1.165) is 0 Å². The van der Waals surface area contributed by atoms with Crippen LogP contribution in [0.25, 0.3) is 0 Å². The Kier molecular flexibility index (Phi) is 1.67. The maximum atomic E-state index is 10.6. The molecule has 1 N–H and O–H groups in total. The van der Waals surface area contributed by atoms with E-state index in [1.54, 1.807) is 6.08 Å². The highest BCUT2D eigenvalue weighted by Crippen LogP contribution is 2.22. The number of aliphatic hydroxyl groups excluding tert-OH is 1. The third-order valence-corrected chi connectivity index (χ3v) is 1.70. The normalized spacial score (nSPS) is 35.0. The van der Waals surface area contributed by atoms with E-state index in [1.165, 1.54) is 0 Å². The summed E-state index contributed by atoms with van der Waals surface area (Å²) in [7, 11) is 0. The van der Waals surface area contributed by atoms with Crippen LogP contribution in [0.1, 0.15) is 12.8 Å². The van der Waals surface area contributed by atoms with Crippen LogP contribution in [-0.4, -0.2) is 17.0 Å². The fourth-order valence-electron chi connectivity index (χ4n) is 1.11. The van der Waals surface area contributed by atoms with Crippen LogP contribution in [0.2, 0.25) is 0 Å². The molecule has 50 valence electrons. The second-order valence-corrected chi connectivity index (χ2v) is 2.41. The molecule has 0 aromatic rings. The average molecular weight is 126 g/mol. The Morgan fingerprint density at radius 1 is 1.67 bits per heavy atom. The molecule has 2 heteroatoms. The zero-order valence-electron chi connectivity index (χ0n) is 5.21. The molecule has 0 aromatic carbocycles. The minimum Gasteiger partial charge on any atom is -0.392 e. The third-order valence-electron chi connectivity index (χ3n) is 1.70. The van der Waals surface area contributed by atoms with Crippen LogP contribution in [-0.2, 0) is 4.79 Å². The Morgan fingerprint density at radius 2 is 2.33 bits per heavy atom. The van der Waals surface area contributed by atoms with Gasteiger partial charge in [0.1, 0.15) is 5.78 Å². The lowest BCUT2D eigenvalue weighted by molar-refractivity contribution is -0.117. The van der Waals surface area contributed by atoms with Gasteiger partial charge < -0.3 is 5.11 Å². The number of carbonyl (C=O) groups excluding carboxylic acids is 1. The molecule has 2 atom stereocenters. The summed E-state index contributed by atoms with van der Waals surface area (Å²) >= 11 is 0. The van der Waals surface area contributed by atoms with E-state index >= 15 is 0 Å². The summed E-state index contributed by atoms with van der Waals surface area (Å²) in [6, 6.07) is 0. The average Bonchev–Trinajstić information content (AvgIpc) is 2.10. The van der Waals surface area contributed by atoms with Gasteiger partial charge in [-0.05, 0) is 0 Å². The highest BCUT2D eigenvalue weighted by Gasteiger charge is 2.28. The first-order valence-electron chi connectivity index (χ1n) is 3.06. The maximum absolute atomic E-state index is 10.6. The first-order chi connectivity index (χ1) is 4.24. The van der Waals surface area contributed by atoms with Crippen molar-refractivity contribution in [2.75, 3.05) is 0 Å². The van der Waals surface area contributed by atoms with Crippen molar-refractivity contribution in [2.45, 2.75) is 18.9 Å². The van der Waals surface area contributed by atoms with Crippen molar-refractivity contribution in [3.8, 4) is 0 Å². The summed E-state index contributed by atoms with van der Waals surface area (Å²) in [4.78, 5) is 10.6. The van der Waals surface area contributed by atoms with Crippen LogP contribution in [0.3, 0.4) is 0 Å². The number of aliphatic hydroxyl groups is 1. The van der Waals surface area contributed by atoms with Gasteiger partial charge in [-0.2, -0.15) is 0 Å². The fourth-order valence-corrected chi connectivity index (χ4v) is 1.11. The van der Waals surface area contributed by atoms with Crippen molar-refractivity contribution in [3.63, 3.8) is 0 Å². The molecule has 0 aromatic heterocycles. The SMILES string of the molecule is C=C[C@@H]1CC(=O)C[C@H]1O. The van der Waals surface area contributed by atoms with Gasteiger partial charge in [-0.3, -0.25) is 4.79 Å². The van der Waals surface area contributed by atoms with Gasteiger partial charge in [-0.15, -0.1) is 6.58 Å². The molecular formula is C7H10O2. The third kappa shape index (κ3) is 1.19. The molecule has 0 heterocycles. The van der Waals surface area contributed by atoms with Crippen molar-refractivity contribution < 1.29 is 9.90 Å². The van der Waals surface area contributed by atoms with Gasteiger partial charge in [-0.25, -0.2) is 0 Å². The zero-order valence-corrected chi connectivity index (χ0v) is 5.21. The van der Waals surface area contributed by atoms with Crippen molar-refractivity contribution in [1.82, 2.24) is 0 Å². The predicted octanol–water partition coefficient (Wildman–Crippen LogP) is 0.512. The minimum absolute atomic E-state index is 0.0116. The van der Waals surface area contributed by atoms with Gasteiger partial charge in [0, 0.05) is 18.8 Å². The van der Waals surface area contributed by atoms with E-state index in [2.05, 4.69) is 6.58 Å². The molecule has 0 aliphatic heterocycles. The van der Waals surface area contributed by atoms with Gasteiger partial charge in [-0.1, -0.05) is 6.08 Å². The lowest BCUT2D eigenvalue weighted by Gasteiger charge is -2.04. The van der Waals surface area contributed by atoms with Crippen LogP contribution in [0, 0.1) is 5.92 Å². The second kappa shape index (κ2) is 2.31. The Balaban J connectivity index is 2.57. The number of hydrogen-bond donors (Lipinski definition) is 1. The fraction of sp³-hybridized carbons (Fsp3) is 0.571. The number of Topliss-reactive ketones (excluding diaryl/α,β-unsaturated/α-hetero) is 1. The molecule has 9 heavy (non-hydrogen) atoms. The molecule has 1 rings (SSSR count). The summed E-state index contributed by atoms with van der Waals surface area (Å²) in [6.07, 6.45) is 1.98. The summed E-state index contributed by atoms with van der Waals surface area (Å²) in [6.45, 7) is 3.52. The van der Waals surface area contributed by atoms with E-state index in [9.17, 15) is 4.79 Å². The Bertz CT molecular complexity index is 140. The molecule has 0 unspecified atom stereocenters. The molecule has 0 radical (unpaired) electrons. The standard InChI is InChI=1S/C7H10O2/c1-2-5-3-6(8)4-7(5)9/h2,5,7,9H,1,3-4H2/t5-,7-/m1/s1. The molecule has 1 fully saturated rings. The zero-order chi connectivity index (χ0) is 6.85. The van der Waals surface area contributed by atoms with Crippen molar-refractivity contribution >= 4 is 5.78 Å². The number of rotatable bonds is 1. The molecule has 0 amide bonds. The van der Waals surface area contributed by atoms with Gasteiger partial charge in [0.15, 0.2) is 0 Å². The van der Waals surface area contributed by atoms with Gasteiger partial charge in [0.05, 0.1) is 6.10 Å². The van der Waals surface area contributed by atoms with Crippen molar-refractivity contribution in [1.29, 1.82) is 0 Å². The van der Waals surface area contributed by atoms with Crippen LogP contribution >= 0.6 is 0 Å². The van der Waals surface area contributed by atoms with Crippen LogP contribution in [0.4, 0.5) is 0 Å². The lowest BCUT2D eigenvalue weighted by atomic mass is 10.1. The van der Waals surface area contributed by atoms with Crippen molar-refractivity contribution in [3.05, 3.63) is 12.7 Å². The topological polar surface area (TPSA) is 37.3 Å². The highest BCUT2D eigenvalue weighted by atomic mass is 16.3. The number of ketones is 1. The highest BCUT2D eigenvalue weighted by molar-refractivity contribution is 5.81. The summed E-state index contributed by atoms with van der Waals surface area (Å²) in [5.41, 5.74) is 0. The quantitative estimate of drug-likeness (QED) is 0.520. The molecule has 1 aliphatic carbocycles. The van der Waals surface area contributed by atoms with E-state index in [4.69, 9.17) is 5.11 Å². The van der Waals surface area contributed by atoms with E-state index in [1.807, 2.05) is 0 Å². The van der Waals surface area contributed by atoms with E-state index in [-0.39, 0.29) is 11.7 Å². The summed E-state index contributed by atoms with van der Waals surface area (Å²) in [5.74, 6) is 0.157. The van der Waals surface area contributed by atoms with Gasteiger partial charge >= 0.3 is 0 Å². The van der Waals surface area contributed by atoms with E-state index in [0.29, 0.717) is 12.8 Å². The monoisotopic (exact) mass is 126 g/mol. The Hall–Kier alpha value is -0.630. The molecule has 2 nitrogen and oxygen atoms in total. The van der Waals surface area contributed by atoms with Crippen LogP contribution < -0.4 is 0 Å². The smallest absolute Gasteiger partial charge is 0.136 e. The van der Waals surface area contributed by atoms with E-state index < -0.39 is 6.10 Å². The van der Waals surface area contributed by atoms with Crippen LogP contribution in [0.15, 0.2) is 12.7 Å². The molecule has 0 saturated heterocycles.